The first-order valence-electron chi connectivity index (χ1n) is 12.8. The predicted molar refractivity (Wildman–Crippen MR) is 150 cm³/mol. The molecule has 0 amide bonds. The van der Waals surface area contributed by atoms with Crippen LogP contribution in [0.15, 0.2) is 79.6 Å². The molecule has 2 fully saturated rings. The van der Waals surface area contributed by atoms with Gasteiger partial charge in [0.05, 0.1) is 24.5 Å². The molecule has 2 aromatic heterocycles. The fourth-order valence-corrected chi connectivity index (χ4v) is 5.49. The summed E-state index contributed by atoms with van der Waals surface area (Å²) in [4.78, 5) is 17.4. The van der Waals surface area contributed by atoms with Gasteiger partial charge >= 0.3 is 0 Å². The van der Waals surface area contributed by atoms with Crippen LogP contribution >= 0.6 is 23.2 Å². The molecular weight excluding hydrogens is 539 g/mol. The second-order valence-electron chi connectivity index (χ2n) is 9.49. The summed E-state index contributed by atoms with van der Waals surface area (Å²) >= 11 is 12.7. The minimum atomic E-state index is -1.08. The van der Waals surface area contributed by atoms with E-state index in [1.54, 1.807) is 37.1 Å². The van der Waals surface area contributed by atoms with Crippen molar-refractivity contribution in [2.45, 2.75) is 18.4 Å². The summed E-state index contributed by atoms with van der Waals surface area (Å²) in [6.45, 7) is 4.64. The molecule has 0 aliphatic carbocycles. The Labute approximate surface area is 236 Å². The van der Waals surface area contributed by atoms with Gasteiger partial charge in [-0.3, -0.25) is 0 Å². The quantitative estimate of drug-likeness (QED) is 0.305. The molecule has 2 aromatic carbocycles. The number of imidazole rings is 1. The normalized spacial score (nSPS) is 21.3. The summed E-state index contributed by atoms with van der Waals surface area (Å²) in [7, 11) is 0. The van der Waals surface area contributed by atoms with Gasteiger partial charge in [0.15, 0.2) is 0 Å². The van der Waals surface area contributed by atoms with E-state index in [4.69, 9.17) is 37.4 Å². The summed E-state index contributed by atoms with van der Waals surface area (Å²) in [6.07, 6.45) is 8.57. The Balaban J connectivity index is 1.06. The lowest BCUT2D eigenvalue weighted by atomic mass is 10.1. The summed E-state index contributed by atoms with van der Waals surface area (Å²) in [6, 6.07) is 15.3. The molecule has 2 aliphatic heterocycles. The van der Waals surface area contributed by atoms with Crippen molar-refractivity contribution >= 4 is 34.8 Å². The van der Waals surface area contributed by atoms with Gasteiger partial charge in [0.25, 0.3) is 0 Å². The molecule has 4 heterocycles. The molecular formula is C28H28Cl2N6O3. The fourth-order valence-electron chi connectivity index (χ4n) is 4.94. The largest absolute Gasteiger partial charge is 0.491 e. The fraction of sp³-hybridized carbons (Fsp3) is 0.321. The zero-order chi connectivity index (χ0) is 26.7. The van der Waals surface area contributed by atoms with E-state index in [0.29, 0.717) is 35.4 Å². The Kier molecular flexibility index (Phi) is 7.56. The number of benzene rings is 2. The Morgan fingerprint density at radius 1 is 0.949 bits per heavy atom. The van der Waals surface area contributed by atoms with Crippen LogP contribution in [0.2, 0.25) is 10.0 Å². The molecule has 2 unspecified atom stereocenters. The molecule has 202 valence electrons. The Bertz CT molecular complexity index is 1370. The lowest BCUT2D eigenvalue weighted by molar-refractivity contribution is -0.189. The Morgan fingerprint density at radius 3 is 2.44 bits per heavy atom. The van der Waals surface area contributed by atoms with E-state index in [-0.39, 0.29) is 6.10 Å². The molecule has 0 N–H and O–H groups in total. The minimum absolute atomic E-state index is 0.284. The highest BCUT2D eigenvalue weighted by molar-refractivity contribution is 6.35. The van der Waals surface area contributed by atoms with Crippen molar-refractivity contribution in [2.24, 2.45) is 0 Å². The van der Waals surface area contributed by atoms with E-state index in [9.17, 15) is 0 Å². The number of halogens is 2. The number of anilines is 2. The molecule has 0 saturated carbocycles. The first-order chi connectivity index (χ1) is 19.1. The second kappa shape index (κ2) is 11.4. The number of hydrogen-bond donors (Lipinski definition) is 0. The third-order valence-electron chi connectivity index (χ3n) is 6.90. The van der Waals surface area contributed by atoms with Gasteiger partial charge in [0.1, 0.15) is 18.5 Å². The highest BCUT2D eigenvalue weighted by atomic mass is 35.5. The van der Waals surface area contributed by atoms with Gasteiger partial charge in [-0.05, 0) is 42.5 Å². The third-order valence-corrected chi connectivity index (χ3v) is 7.45. The molecule has 0 radical (unpaired) electrons. The number of rotatable bonds is 8. The van der Waals surface area contributed by atoms with Crippen LogP contribution in [-0.4, -0.2) is 65.0 Å². The standard InChI is InChI=1S/C28H28Cl2N6O3/c29-21-2-7-25(26(30)16-21)28(19-34-11-10-31-20-34)38-18-24(39-28)17-37-23-5-3-22(4-6-23)35-12-14-36(15-13-35)27-32-8-1-9-33-27/h1-11,16,20,24H,12-15,17-19H2. The summed E-state index contributed by atoms with van der Waals surface area (Å²) in [5, 5.41) is 1.03. The van der Waals surface area contributed by atoms with Crippen molar-refractivity contribution in [1.29, 1.82) is 0 Å². The van der Waals surface area contributed by atoms with E-state index >= 15 is 0 Å². The third kappa shape index (κ3) is 5.81. The van der Waals surface area contributed by atoms with Gasteiger partial charge in [0.2, 0.25) is 11.7 Å². The van der Waals surface area contributed by atoms with E-state index < -0.39 is 5.79 Å². The van der Waals surface area contributed by atoms with E-state index in [0.717, 1.165) is 43.6 Å². The van der Waals surface area contributed by atoms with Crippen LogP contribution in [0.4, 0.5) is 11.6 Å². The number of ether oxygens (including phenoxy) is 3. The number of aromatic nitrogens is 4. The molecule has 4 aromatic rings. The molecule has 2 aliphatic rings. The lowest BCUT2D eigenvalue weighted by Crippen LogP contribution is -2.47. The van der Waals surface area contributed by atoms with Crippen molar-refractivity contribution in [3.63, 3.8) is 0 Å². The summed E-state index contributed by atoms with van der Waals surface area (Å²) < 4.78 is 20.7. The highest BCUT2D eigenvalue weighted by Crippen LogP contribution is 2.40. The van der Waals surface area contributed by atoms with E-state index in [2.05, 4.69) is 36.9 Å². The number of hydrogen-bond acceptors (Lipinski definition) is 8. The number of piperazine rings is 1. The maximum atomic E-state index is 6.56. The molecule has 9 nitrogen and oxygen atoms in total. The van der Waals surface area contributed by atoms with Gasteiger partial charge in [-0.25, -0.2) is 15.0 Å². The second-order valence-corrected chi connectivity index (χ2v) is 10.3. The first kappa shape index (κ1) is 25.9. The van der Waals surface area contributed by atoms with Gasteiger partial charge in [-0.15, -0.1) is 0 Å². The van der Waals surface area contributed by atoms with Gasteiger partial charge < -0.3 is 28.6 Å². The van der Waals surface area contributed by atoms with Crippen molar-refractivity contribution in [3.8, 4) is 5.75 Å². The van der Waals surface area contributed by atoms with Crippen LogP contribution in [-0.2, 0) is 21.8 Å². The van der Waals surface area contributed by atoms with Crippen LogP contribution in [0.1, 0.15) is 5.56 Å². The molecule has 2 atom stereocenters. The average molecular weight is 567 g/mol. The summed E-state index contributed by atoms with van der Waals surface area (Å²) in [5.41, 5.74) is 1.88. The van der Waals surface area contributed by atoms with Crippen molar-refractivity contribution in [1.82, 2.24) is 19.5 Å². The maximum absolute atomic E-state index is 6.56. The monoisotopic (exact) mass is 566 g/mol. The maximum Gasteiger partial charge on any atom is 0.225 e. The smallest absolute Gasteiger partial charge is 0.225 e. The van der Waals surface area contributed by atoms with Crippen LogP contribution in [0, 0.1) is 0 Å². The lowest BCUT2D eigenvalue weighted by Gasteiger charge is -2.36. The first-order valence-corrected chi connectivity index (χ1v) is 13.6. The summed E-state index contributed by atoms with van der Waals surface area (Å²) in [5.74, 6) is 0.481. The van der Waals surface area contributed by atoms with Crippen LogP contribution in [0.3, 0.4) is 0 Å². The Morgan fingerprint density at radius 2 is 1.72 bits per heavy atom. The highest BCUT2D eigenvalue weighted by Gasteiger charge is 2.45. The topological polar surface area (TPSA) is 77.8 Å². The average Bonchev–Trinajstić information content (AvgIpc) is 3.63. The van der Waals surface area contributed by atoms with Gasteiger partial charge in [0, 0.05) is 67.2 Å². The molecule has 0 bridgehead atoms. The molecule has 11 heteroatoms. The van der Waals surface area contributed by atoms with Gasteiger partial charge in [-0.1, -0.05) is 29.3 Å². The van der Waals surface area contributed by atoms with Crippen LogP contribution in [0.25, 0.3) is 0 Å². The van der Waals surface area contributed by atoms with Crippen molar-refractivity contribution in [3.05, 3.63) is 95.3 Å². The number of nitrogens with zero attached hydrogens (tertiary/aromatic N) is 6. The van der Waals surface area contributed by atoms with Crippen molar-refractivity contribution < 1.29 is 14.2 Å². The molecule has 2 saturated heterocycles. The molecule has 0 spiro atoms. The van der Waals surface area contributed by atoms with E-state index in [1.165, 1.54) is 0 Å². The van der Waals surface area contributed by atoms with E-state index in [1.807, 2.05) is 35.0 Å². The van der Waals surface area contributed by atoms with Crippen molar-refractivity contribution in [2.75, 3.05) is 49.2 Å². The van der Waals surface area contributed by atoms with Gasteiger partial charge in [-0.2, -0.15) is 0 Å². The Hall–Kier alpha value is -3.37. The zero-order valence-electron chi connectivity index (χ0n) is 21.2. The molecule has 6 rings (SSSR count). The minimum Gasteiger partial charge on any atom is -0.491 e. The zero-order valence-corrected chi connectivity index (χ0v) is 22.7. The predicted octanol–water partition coefficient (Wildman–Crippen LogP) is 4.65. The molecule has 39 heavy (non-hydrogen) atoms. The van der Waals surface area contributed by atoms with Crippen LogP contribution in [0.5, 0.6) is 5.75 Å². The van der Waals surface area contributed by atoms with Crippen LogP contribution < -0.4 is 14.5 Å². The SMILES string of the molecule is Clc1ccc(C2(Cn3ccnc3)OCC(COc3ccc(N4CCN(c5ncccn5)CC4)cc3)O2)c(Cl)c1.